The molecule has 0 aromatic rings. The molecule has 1 heterocycles. The van der Waals surface area contributed by atoms with Gasteiger partial charge in [0.1, 0.15) is 5.60 Å². The predicted octanol–water partition coefficient (Wildman–Crippen LogP) is 0.718. The van der Waals surface area contributed by atoms with Crippen LogP contribution in [0.4, 0.5) is 0 Å². The van der Waals surface area contributed by atoms with E-state index in [1.54, 1.807) is 0 Å². The lowest BCUT2D eigenvalue weighted by atomic mass is 9.94. The van der Waals surface area contributed by atoms with Crippen molar-refractivity contribution >= 4 is 5.78 Å². The fourth-order valence-electron chi connectivity index (χ4n) is 2.13. The quantitative estimate of drug-likeness (QED) is 0.656. The van der Waals surface area contributed by atoms with Gasteiger partial charge in [0.05, 0.1) is 12.1 Å². The first kappa shape index (κ1) is 9.16. The van der Waals surface area contributed by atoms with E-state index in [9.17, 15) is 4.79 Å². The number of Topliss-reactive ketones (excluding diaryl/α,β-unsaturated/α-hetero) is 1. The first-order valence-electron chi connectivity index (χ1n) is 4.88. The van der Waals surface area contributed by atoms with Crippen molar-refractivity contribution in [2.45, 2.75) is 38.3 Å². The van der Waals surface area contributed by atoms with Gasteiger partial charge >= 0.3 is 0 Å². The van der Waals surface area contributed by atoms with Gasteiger partial charge in [-0.2, -0.15) is 0 Å². The van der Waals surface area contributed by atoms with E-state index in [1.807, 2.05) is 6.92 Å². The minimum atomic E-state index is -0.570. The van der Waals surface area contributed by atoms with Gasteiger partial charge in [0.15, 0.2) is 5.78 Å². The van der Waals surface area contributed by atoms with Crippen molar-refractivity contribution in [1.82, 2.24) is 0 Å². The SMILES string of the molecule is CC(C)C1CC1(N)C(=O)C1(C)CO1. The summed E-state index contributed by atoms with van der Waals surface area (Å²) in [5.41, 5.74) is 4.92. The van der Waals surface area contributed by atoms with Crippen LogP contribution in [-0.2, 0) is 9.53 Å². The van der Waals surface area contributed by atoms with Crippen LogP contribution in [0.15, 0.2) is 0 Å². The van der Waals surface area contributed by atoms with Gasteiger partial charge in [-0.15, -0.1) is 0 Å². The number of hydrogen-bond acceptors (Lipinski definition) is 3. The van der Waals surface area contributed by atoms with Crippen LogP contribution in [0, 0.1) is 11.8 Å². The second kappa shape index (κ2) is 2.34. The number of epoxide rings is 1. The third-order valence-corrected chi connectivity index (χ3v) is 3.34. The average Bonchev–Trinajstić information content (AvgIpc) is 2.89. The molecule has 2 aliphatic rings. The van der Waals surface area contributed by atoms with Crippen LogP contribution in [0.5, 0.6) is 0 Å². The van der Waals surface area contributed by atoms with E-state index >= 15 is 0 Å². The monoisotopic (exact) mass is 183 g/mol. The summed E-state index contributed by atoms with van der Waals surface area (Å²) in [5.74, 6) is 0.969. The van der Waals surface area contributed by atoms with Crippen LogP contribution in [0.2, 0.25) is 0 Å². The molecule has 0 spiro atoms. The van der Waals surface area contributed by atoms with Gasteiger partial charge in [0.2, 0.25) is 0 Å². The van der Waals surface area contributed by atoms with Crippen LogP contribution >= 0.6 is 0 Å². The van der Waals surface area contributed by atoms with E-state index in [4.69, 9.17) is 10.5 Å². The van der Waals surface area contributed by atoms with Gasteiger partial charge in [0, 0.05) is 0 Å². The van der Waals surface area contributed by atoms with E-state index < -0.39 is 11.1 Å². The van der Waals surface area contributed by atoms with E-state index in [-0.39, 0.29) is 5.78 Å². The summed E-state index contributed by atoms with van der Waals surface area (Å²) in [7, 11) is 0. The second-order valence-electron chi connectivity index (χ2n) is 4.94. The lowest BCUT2D eigenvalue weighted by Crippen LogP contribution is -2.44. The largest absolute Gasteiger partial charge is 0.362 e. The van der Waals surface area contributed by atoms with E-state index in [2.05, 4.69) is 13.8 Å². The minimum absolute atomic E-state index is 0.110. The Morgan fingerprint density at radius 2 is 2.15 bits per heavy atom. The minimum Gasteiger partial charge on any atom is -0.362 e. The zero-order valence-electron chi connectivity index (χ0n) is 8.46. The number of hydrogen-bond donors (Lipinski definition) is 1. The van der Waals surface area contributed by atoms with Crippen molar-refractivity contribution in [1.29, 1.82) is 0 Å². The Hall–Kier alpha value is -0.410. The molecule has 3 nitrogen and oxygen atoms in total. The Morgan fingerprint density at radius 3 is 2.46 bits per heavy atom. The number of ether oxygens (including phenoxy) is 1. The van der Waals surface area contributed by atoms with Crippen molar-refractivity contribution in [3.63, 3.8) is 0 Å². The molecular formula is C10H17NO2. The number of carbonyl (C=O) groups excluding carboxylic acids is 1. The summed E-state index contributed by atoms with van der Waals surface area (Å²) in [4.78, 5) is 11.9. The zero-order valence-corrected chi connectivity index (χ0v) is 8.46. The molecular weight excluding hydrogens is 166 g/mol. The Bertz CT molecular complexity index is 258. The summed E-state index contributed by atoms with van der Waals surface area (Å²) >= 11 is 0. The van der Waals surface area contributed by atoms with Gasteiger partial charge in [-0.25, -0.2) is 0 Å². The van der Waals surface area contributed by atoms with Crippen molar-refractivity contribution in [3.05, 3.63) is 0 Å². The number of carbonyl (C=O) groups is 1. The predicted molar refractivity (Wildman–Crippen MR) is 49.2 cm³/mol. The molecule has 1 aliphatic carbocycles. The zero-order chi connectivity index (χ0) is 9.85. The molecule has 3 atom stereocenters. The molecule has 1 saturated heterocycles. The molecule has 0 aromatic carbocycles. The van der Waals surface area contributed by atoms with Crippen LogP contribution < -0.4 is 5.73 Å². The second-order valence-corrected chi connectivity index (χ2v) is 4.94. The fraction of sp³-hybridized carbons (Fsp3) is 0.900. The molecule has 74 valence electrons. The molecule has 1 saturated carbocycles. The summed E-state index contributed by atoms with van der Waals surface area (Å²) in [6.07, 6.45) is 0.836. The van der Waals surface area contributed by atoms with E-state index in [0.29, 0.717) is 18.4 Å². The lowest BCUT2D eigenvalue weighted by molar-refractivity contribution is -0.126. The maximum absolute atomic E-state index is 11.9. The molecule has 13 heavy (non-hydrogen) atoms. The fourth-order valence-corrected chi connectivity index (χ4v) is 2.13. The van der Waals surface area contributed by atoms with Crippen LogP contribution in [-0.4, -0.2) is 23.5 Å². The Morgan fingerprint density at radius 1 is 1.62 bits per heavy atom. The third-order valence-electron chi connectivity index (χ3n) is 3.34. The Kier molecular flexibility index (Phi) is 1.65. The van der Waals surface area contributed by atoms with Gasteiger partial charge in [0.25, 0.3) is 0 Å². The molecule has 0 bridgehead atoms. The highest BCUT2D eigenvalue weighted by Crippen LogP contribution is 2.50. The highest BCUT2D eigenvalue weighted by atomic mass is 16.6. The lowest BCUT2D eigenvalue weighted by Gasteiger charge is -2.14. The topological polar surface area (TPSA) is 55.6 Å². The number of ketones is 1. The smallest absolute Gasteiger partial charge is 0.186 e. The van der Waals surface area contributed by atoms with Crippen LogP contribution in [0.25, 0.3) is 0 Å². The van der Waals surface area contributed by atoms with Crippen molar-refractivity contribution < 1.29 is 9.53 Å². The first-order chi connectivity index (χ1) is 5.90. The average molecular weight is 183 g/mol. The highest BCUT2D eigenvalue weighted by Gasteiger charge is 2.65. The molecule has 0 amide bonds. The van der Waals surface area contributed by atoms with Crippen molar-refractivity contribution in [2.24, 2.45) is 17.6 Å². The van der Waals surface area contributed by atoms with Gasteiger partial charge in [-0.3, -0.25) is 4.79 Å². The Labute approximate surface area is 78.6 Å². The summed E-state index contributed by atoms with van der Waals surface area (Å²) in [6.45, 7) is 6.61. The number of nitrogens with two attached hydrogens (primary N) is 1. The molecule has 2 fully saturated rings. The van der Waals surface area contributed by atoms with Gasteiger partial charge < -0.3 is 10.5 Å². The van der Waals surface area contributed by atoms with Crippen molar-refractivity contribution in [3.8, 4) is 0 Å². The maximum atomic E-state index is 11.9. The number of rotatable bonds is 3. The molecule has 3 heteroatoms. The summed E-state index contributed by atoms with van der Waals surface area (Å²) < 4.78 is 5.12. The normalized spacial score (nSPS) is 47.9. The molecule has 3 unspecified atom stereocenters. The van der Waals surface area contributed by atoms with Crippen molar-refractivity contribution in [2.75, 3.05) is 6.61 Å². The highest BCUT2D eigenvalue weighted by molar-refractivity contribution is 6.00. The Balaban J connectivity index is 2.07. The van der Waals surface area contributed by atoms with E-state index in [1.165, 1.54) is 0 Å². The third kappa shape index (κ3) is 1.22. The maximum Gasteiger partial charge on any atom is 0.186 e. The van der Waals surface area contributed by atoms with Crippen LogP contribution in [0.3, 0.4) is 0 Å². The first-order valence-corrected chi connectivity index (χ1v) is 4.88. The summed E-state index contributed by atoms with van der Waals surface area (Å²) in [5, 5.41) is 0. The molecule has 0 radical (unpaired) electrons. The molecule has 0 aromatic heterocycles. The van der Waals surface area contributed by atoms with Crippen LogP contribution in [0.1, 0.15) is 27.2 Å². The molecule has 1 aliphatic heterocycles. The molecule has 2 N–H and O–H groups in total. The van der Waals surface area contributed by atoms with Gasteiger partial charge in [-0.05, 0) is 25.2 Å². The van der Waals surface area contributed by atoms with E-state index in [0.717, 1.165) is 6.42 Å². The standard InChI is InChI=1S/C10H17NO2/c1-6(2)7-4-10(7,11)8(12)9(3)5-13-9/h6-7H,4-5,11H2,1-3H3. The summed E-state index contributed by atoms with van der Waals surface area (Å²) in [6, 6.07) is 0. The molecule has 2 rings (SSSR count). The van der Waals surface area contributed by atoms with Gasteiger partial charge in [-0.1, -0.05) is 13.8 Å².